The fourth-order valence-corrected chi connectivity index (χ4v) is 11.5. The van der Waals surface area contributed by atoms with Crippen molar-refractivity contribution in [1.29, 1.82) is 0 Å². The van der Waals surface area contributed by atoms with Gasteiger partial charge in [0.2, 0.25) is 23.6 Å². The summed E-state index contributed by atoms with van der Waals surface area (Å²) in [7, 11) is 0. The van der Waals surface area contributed by atoms with Gasteiger partial charge in [-0.05, 0) is 6.92 Å². The second-order valence-corrected chi connectivity index (χ2v) is 22.5. The Kier molecular flexibility index (Phi) is 26.0. The number of aliphatic hydroxyl groups is 18. The van der Waals surface area contributed by atoms with E-state index in [2.05, 4.69) is 21.3 Å². The highest BCUT2D eigenvalue weighted by Crippen LogP contribution is 2.39. The van der Waals surface area contributed by atoms with E-state index >= 15 is 0 Å². The van der Waals surface area contributed by atoms with Crippen LogP contribution in [0.1, 0.15) is 34.6 Å². The molecular formula is C50H84N4O35. The van der Waals surface area contributed by atoms with Crippen LogP contribution in [0.5, 0.6) is 0 Å². The lowest BCUT2D eigenvalue weighted by Crippen LogP contribution is -2.71. The highest BCUT2D eigenvalue weighted by Gasteiger charge is 2.60. The fraction of sp³-hybridized carbons (Fsp3) is 0.920. The molecule has 89 heavy (non-hydrogen) atoms. The number of hydrogen-bond donors (Lipinski definition) is 22. The minimum atomic E-state index is -2.29. The predicted octanol–water partition coefficient (Wildman–Crippen LogP) is -14.7. The average Bonchev–Trinajstić information content (AvgIpc) is 2.69. The zero-order valence-electron chi connectivity index (χ0n) is 48.4. The molecular weight excluding hydrogens is 1220 g/mol. The molecule has 0 spiro atoms. The lowest BCUT2D eigenvalue weighted by atomic mass is 9.93. The van der Waals surface area contributed by atoms with Gasteiger partial charge in [-0.1, -0.05) is 0 Å². The first-order chi connectivity index (χ1) is 42.0. The maximum atomic E-state index is 13.0. The molecule has 0 radical (unpaired) electrons. The summed E-state index contributed by atoms with van der Waals surface area (Å²) in [6.07, 6.45) is -59.8. The number of amides is 4. The largest absolute Gasteiger partial charge is 0.394 e. The summed E-state index contributed by atoms with van der Waals surface area (Å²) in [5, 5.41) is 208. The Morgan fingerprint density at radius 1 is 0.292 bits per heavy atom. The van der Waals surface area contributed by atoms with Crippen LogP contribution in [0.15, 0.2) is 0 Å². The molecule has 7 saturated heterocycles. The van der Waals surface area contributed by atoms with Crippen LogP contribution in [0, 0.1) is 0 Å². The van der Waals surface area contributed by atoms with Crippen molar-refractivity contribution >= 4 is 23.6 Å². The summed E-state index contributed by atoms with van der Waals surface area (Å²) in [5.74, 6) is -3.31. The van der Waals surface area contributed by atoms with Crippen molar-refractivity contribution < 1.29 is 173 Å². The number of ether oxygens (including phenoxy) is 13. The third-order valence-electron chi connectivity index (χ3n) is 16.1. The van der Waals surface area contributed by atoms with Crippen molar-refractivity contribution in [3.05, 3.63) is 0 Å². The first-order valence-corrected chi connectivity index (χ1v) is 28.5. The zero-order chi connectivity index (χ0) is 65.8. The molecule has 1 unspecified atom stereocenters. The van der Waals surface area contributed by atoms with Crippen LogP contribution in [-0.4, -0.2) is 370 Å². The summed E-state index contributed by atoms with van der Waals surface area (Å²) in [6, 6.07) is -6.93. The Morgan fingerprint density at radius 2 is 0.618 bits per heavy atom. The Hall–Kier alpha value is -3.36. The van der Waals surface area contributed by atoms with Gasteiger partial charge in [-0.25, -0.2) is 0 Å². The van der Waals surface area contributed by atoms with E-state index in [0.717, 1.165) is 27.7 Å². The van der Waals surface area contributed by atoms with Gasteiger partial charge >= 0.3 is 0 Å². The number of hydrogen-bond acceptors (Lipinski definition) is 35. The summed E-state index contributed by atoms with van der Waals surface area (Å²) >= 11 is 0. The lowest BCUT2D eigenvalue weighted by Gasteiger charge is -2.52. The Morgan fingerprint density at radius 3 is 1.09 bits per heavy atom. The number of carbonyl (C=O) groups excluding carboxylic acids is 4. The molecule has 39 heteroatoms. The van der Waals surface area contributed by atoms with Gasteiger partial charge in [-0.3, -0.25) is 19.2 Å². The molecule has 7 rings (SSSR count). The number of carbonyl (C=O) groups is 4. The minimum absolute atomic E-state index is 0.744. The normalized spacial score (nSPS) is 48.0. The molecule has 0 aromatic heterocycles. The van der Waals surface area contributed by atoms with Crippen LogP contribution in [0.25, 0.3) is 0 Å². The van der Waals surface area contributed by atoms with Crippen molar-refractivity contribution in [2.45, 2.75) is 249 Å². The second-order valence-electron chi connectivity index (χ2n) is 22.5. The molecule has 0 aromatic rings. The smallest absolute Gasteiger partial charge is 0.217 e. The maximum absolute atomic E-state index is 13.0. The summed E-state index contributed by atoms with van der Waals surface area (Å²) in [6.45, 7) is -0.843. The molecule has 7 aliphatic heterocycles. The fourth-order valence-electron chi connectivity index (χ4n) is 11.5. The van der Waals surface area contributed by atoms with Crippen LogP contribution in [0.3, 0.4) is 0 Å². The van der Waals surface area contributed by atoms with Gasteiger partial charge in [0.15, 0.2) is 44.0 Å². The maximum Gasteiger partial charge on any atom is 0.217 e. The number of nitrogens with one attached hydrogen (secondary N) is 4. The van der Waals surface area contributed by atoms with Crippen molar-refractivity contribution in [2.24, 2.45) is 0 Å². The number of aliphatic hydroxyl groups excluding tert-OH is 18. The van der Waals surface area contributed by atoms with E-state index < -0.39 is 278 Å². The Labute approximate surface area is 505 Å². The van der Waals surface area contributed by atoms with Gasteiger partial charge in [0.1, 0.15) is 165 Å². The first-order valence-electron chi connectivity index (χ1n) is 28.5. The van der Waals surface area contributed by atoms with Gasteiger partial charge in [0.05, 0.1) is 45.7 Å². The minimum Gasteiger partial charge on any atom is -0.394 e. The van der Waals surface area contributed by atoms with E-state index in [1.165, 1.54) is 6.92 Å². The standard InChI is InChI=1S/C50H84N4O35/c1-12-27(65)35(73)36(74)48(77-12)89-43-42(88-45-23(51-13(2)61)32(70)28(66)17(6-55)79-45)31(69)20(9-58)81-50(43)85-39-22(11-60)83-47(25(34(39)72)53-15(4)63)87-41-30(68)19(8-57)80-49(37(41)75)84-38-21(10-59)82-46(24(33(38)71)52-14(3)62)86-40-26(54-16(5)64)44(76)78-18(7-56)29(40)67/h12,17-50,55-60,65-76H,6-11H2,1-5H3,(H,51,61)(H,52,62)(H,53,63)(H,54,64)/t12-,17+,18+,19+,20+,21+,22+,23+,24+,25+,26+,27+,28-,29-,30-,31-,32+,33+,34+,35+,36-,37+,38+,39+,40+,41-,42-,43+,44?,45+,46-,47-,48-,49-,50-/m0/s1. The molecule has 0 bridgehead atoms. The van der Waals surface area contributed by atoms with Gasteiger partial charge in [0.25, 0.3) is 0 Å². The predicted molar refractivity (Wildman–Crippen MR) is 277 cm³/mol. The topological polar surface area (TPSA) is 601 Å². The first kappa shape index (κ1) is 73.1. The van der Waals surface area contributed by atoms with E-state index in [1.807, 2.05) is 0 Å². The number of rotatable bonds is 22. The monoisotopic (exact) mass is 1300 g/mol. The zero-order valence-corrected chi connectivity index (χ0v) is 48.4. The van der Waals surface area contributed by atoms with Crippen molar-refractivity contribution in [3.8, 4) is 0 Å². The molecule has 4 amide bonds. The molecule has 0 aliphatic carbocycles. The summed E-state index contributed by atoms with van der Waals surface area (Å²) in [5.41, 5.74) is 0. The van der Waals surface area contributed by atoms with Crippen LogP contribution in [0.4, 0.5) is 0 Å². The van der Waals surface area contributed by atoms with Crippen molar-refractivity contribution in [1.82, 2.24) is 21.3 Å². The summed E-state index contributed by atoms with van der Waals surface area (Å²) < 4.78 is 76.9. The third kappa shape index (κ3) is 16.2. The van der Waals surface area contributed by atoms with Crippen molar-refractivity contribution in [2.75, 3.05) is 39.6 Å². The van der Waals surface area contributed by atoms with E-state index in [-0.39, 0.29) is 0 Å². The average molecular weight is 1300 g/mol. The molecule has 0 aromatic carbocycles. The second kappa shape index (κ2) is 31.7. The van der Waals surface area contributed by atoms with Gasteiger partial charge in [0, 0.05) is 27.7 Å². The van der Waals surface area contributed by atoms with Crippen LogP contribution < -0.4 is 21.3 Å². The van der Waals surface area contributed by atoms with E-state index in [4.69, 9.17) is 61.6 Å². The molecule has 7 aliphatic rings. The van der Waals surface area contributed by atoms with Crippen LogP contribution in [-0.2, 0) is 80.8 Å². The van der Waals surface area contributed by atoms with Crippen LogP contribution >= 0.6 is 0 Å². The SMILES string of the molecule is CC(=O)N[C@H]1[C@H](O[C@H]2[C@@H](O)[C@@H](CO)OC(O)[C@@H]2NC(C)=O)O[C@H](CO)[C@@H](O[C@@H]2O[C@H](CO)[C@H](O)[C@H](O[C@@H]3O[C@H](CO)[C@@H](O[C@@H]4O[C@H](CO)[C@H](O)[C@H](O[C@H]5O[C@H](CO)[C@H](O)[C@H](O)[C@H]5NC(C)=O)[C@H]4O[C@@H]4O[C@@H](C)[C@@H](O)[C@@H](O)[C@@H]4O)[C@H](O)[C@H]3NC(C)=O)[C@H]2O)[C@@H]1O. The van der Waals surface area contributed by atoms with Crippen LogP contribution in [0.2, 0.25) is 0 Å². The van der Waals surface area contributed by atoms with E-state index in [1.54, 1.807) is 0 Å². The summed E-state index contributed by atoms with van der Waals surface area (Å²) in [4.78, 5) is 50.1. The third-order valence-corrected chi connectivity index (χ3v) is 16.1. The Bertz CT molecular complexity index is 2290. The molecule has 7 fully saturated rings. The molecule has 0 saturated carbocycles. The molecule has 35 atom stereocenters. The van der Waals surface area contributed by atoms with E-state index in [0.29, 0.717) is 0 Å². The molecule has 514 valence electrons. The van der Waals surface area contributed by atoms with Gasteiger partial charge in [-0.2, -0.15) is 0 Å². The van der Waals surface area contributed by atoms with Crippen molar-refractivity contribution in [3.63, 3.8) is 0 Å². The highest BCUT2D eigenvalue weighted by molar-refractivity contribution is 5.74. The van der Waals surface area contributed by atoms with E-state index in [9.17, 15) is 111 Å². The quantitative estimate of drug-likeness (QED) is 0.0479. The molecule has 7 heterocycles. The molecule has 39 nitrogen and oxygen atoms in total. The van der Waals surface area contributed by atoms with Gasteiger partial charge in [-0.15, -0.1) is 0 Å². The Balaban J connectivity index is 1.17. The highest BCUT2D eigenvalue weighted by atomic mass is 16.8. The molecule has 22 N–H and O–H groups in total. The lowest BCUT2D eigenvalue weighted by molar-refractivity contribution is -0.402. The van der Waals surface area contributed by atoms with Gasteiger partial charge < -0.3 is 175 Å².